The van der Waals surface area contributed by atoms with Gasteiger partial charge in [-0.25, -0.2) is 0 Å². The maximum Gasteiger partial charge on any atom is 0.204 e. The molecule has 6 heteroatoms. The highest BCUT2D eigenvalue weighted by Gasteiger charge is 2.17. The molecule has 0 radical (unpaired) electrons. The standard InChI is InChI=1S/C14H19N5O/c1-19(9-12-5-6-20-10-12)8-11-3-2-4-13(7-11)14-15-17-18-16-14/h2-4,7,12H,5-6,8-10H2,1H3,(H,15,16,17,18). The molecular weight excluding hydrogens is 254 g/mol. The van der Waals surface area contributed by atoms with Crippen LogP contribution in [0.5, 0.6) is 0 Å². The van der Waals surface area contributed by atoms with Crippen molar-refractivity contribution in [3.05, 3.63) is 29.8 Å². The number of hydrogen-bond acceptors (Lipinski definition) is 5. The third kappa shape index (κ3) is 3.20. The van der Waals surface area contributed by atoms with Crippen LogP contribution in [0.15, 0.2) is 24.3 Å². The predicted molar refractivity (Wildman–Crippen MR) is 74.9 cm³/mol. The van der Waals surface area contributed by atoms with E-state index in [9.17, 15) is 0 Å². The average molecular weight is 273 g/mol. The Kier molecular flexibility index (Phi) is 4.03. The lowest BCUT2D eigenvalue weighted by atomic mass is 10.1. The number of H-pyrrole nitrogens is 1. The van der Waals surface area contributed by atoms with Crippen LogP contribution in [-0.2, 0) is 11.3 Å². The zero-order valence-corrected chi connectivity index (χ0v) is 11.6. The van der Waals surface area contributed by atoms with Gasteiger partial charge in [-0.15, -0.1) is 10.2 Å². The first-order valence-corrected chi connectivity index (χ1v) is 6.90. The van der Waals surface area contributed by atoms with Crippen LogP contribution in [0.25, 0.3) is 11.4 Å². The second kappa shape index (κ2) is 6.11. The van der Waals surface area contributed by atoms with Gasteiger partial charge in [0.1, 0.15) is 0 Å². The summed E-state index contributed by atoms with van der Waals surface area (Å²) in [6.45, 7) is 3.80. The average Bonchev–Trinajstić information content (AvgIpc) is 3.11. The molecule has 1 fully saturated rings. The van der Waals surface area contributed by atoms with E-state index in [2.05, 4.69) is 44.7 Å². The molecule has 106 valence electrons. The van der Waals surface area contributed by atoms with Gasteiger partial charge in [0, 0.05) is 25.3 Å². The minimum Gasteiger partial charge on any atom is -0.381 e. The molecule has 1 aliphatic heterocycles. The van der Waals surface area contributed by atoms with Crippen LogP contribution in [0.1, 0.15) is 12.0 Å². The van der Waals surface area contributed by atoms with Gasteiger partial charge in [-0.3, -0.25) is 0 Å². The van der Waals surface area contributed by atoms with Crippen molar-refractivity contribution in [1.29, 1.82) is 0 Å². The van der Waals surface area contributed by atoms with E-state index < -0.39 is 0 Å². The molecule has 1 atom stereocenters. The number of benzene rings is 1. The van der Waals surface area contributed by atoms with Gasteiger partial charge in [0.25, 0.3) is 0 Å². The lowest BCUT2D eigenvalue weighted by Gasteiger charge is -2.20. The Morgan fingerprint density at radius 2 is 2.40 bits per heavy atom. The quantitative estimate of drug-likeness (QED) is 0.890. The van der Waals surface area contributed by atoms with E-state index >= 15 is 0 Å². The summed E-state index contributed by atoms with van der Waals surface area (Å²) in [7, 11) is 2.15. The Morgan fingerprint density at radius 3 is 3.15 bits per heavy atom. The van der Waals surface area contributed by atoms with Crippen LogP contribution in [0.4, 0.5) is 0 Å². The Labute approximate surface area is 118 Å². The van der Waals surface area contributed by atoms with Gasteiger partial charge in [-0.05, 0) is 36.2 Å². The summed E-state index contributed by atoms with van der Waals surface area (Å²) in [5, 5.41) is 14.1. The van der Waals surface area contributed by atoms with Gasteiger partial charge >= 0.3 is 0 Å². The summed E-state index contributed by atoms with van der Waals surface area (Å²) in [5.74, 6) is 1.30. The normalized spacial score (nSPS) is 18.8. The third-order valence-corrected chi connectivity index (χ3v) is 3.58. The highest BCUT2D eigenvalue weighted by Crippen LogP contribution is 2.18. The molecule has 20 heavy (non-hydrogen) atoms. The Balaban J connectivity index is 1.63. The number of tetrazole rings is 1. The molecule has 1 N–H and O–H groups in total. The number of aromatic amines is 1. The molecule has 0 aliphatic carbocycles. The number of nitrogens with zero attached hydrogens (tertiary/aromatic N) is 4. The van der Waals surface area contributed by atoms with E-state index in [1.165, 1.54) is 12.0 Å². The molecule has 2 heterocycles. The number of aromatic nitrogens is 4. The molecule has 1 aliphatic rings. The first-order chi connectivity index (χ1) is 9.81. The van der Waals surface area contributed by atoms with Crippen molar-refractivity contribution in [1.82, 2.24) is 25.5 Å². The molecule has 0 bridgehead atoms. The summed E-state index contributed by atoms with van der Waals surface area (Å²) in [6, 6.07) is 8.28. The summed E-state index contributed by atoms with van der Waals surface area (Å²) in [6.07, 6.45) is 1.17. The Hall–Kier alpha value is -1.79. The van der Waals surface area contributed by atoms with E-state index in [0.29, 0.717) is 11.7 Å². The second-order valence-electron chi connectivity index (χ2n) is 5.36. The van der Waals surface area contributed by atoms with Crippen molar-refractivity contribution in [2.75, 3.05) is 26.8 Å². The first kappa shape index (κ1) is 13.2. The van der Waals surface area contributed by atoms with Gasteiger partial charge < -0.3 is 9.64 Å². The van der Waals surface area contributed by atoms with E-state index in [-0.39, 0.29) is 0 Å². The number of hydrogen-bond donors (Lipinski definition) is 1. The summed E-state index contributed by atoms with van der Waals surface area (Å²) >= 11 is 0. The Morgan fingerprint density at radius 1 is 1.45 bits per heavy atom. The van der Waals surface area contributed by atoms with Gasteiger partial charge in [-0.2, -0.15) is 5.21 Å². The fourth-order valence-electron chi connectivity index (χ4n) is 2.64. The van der Waals surface area contributed by atoms with Gasteiger partial charge in [0.05, 0.1) is 6.61 Å². The molecule has 1 aromatic heterocycles. The highest BCUT2D eigenvalue weighted by molar-refractivity contribution is 5.54. The lowest BCUT2D eigenvalue weighted by Crippen LogP contribution is -2.25. The maximum absolute atomic E-state index is 5.42. The molecule has 0 saturated carbocycles. The van der Waals surface area contributed by atoms with E-state index in [1.54, 1.807) is 0 Å². The van der Waals surface area contributed by atoms with Crippen LogP contribution in [0.2, 0.25) is 0 Å². The van der Waals surface area contributed by atoms with Crippen LogP contribution < -0.4 is 0 Å². The molecule has 6 nitrogen and oxygen atoms in total. The number of ether oxygens (including phenoxy) is 1. The topological polar surface area (TPSA) is 66.9 Å². The molecule has 0 amide bonds. The highest BCUT2D eigenvalue weighted by atomic mass is 16.5. The molecule has 1 saturated heterocycles. The minimum absolute atomic E-state index is 0.638. The molecular formula is C14H19N5O. The predicted octanol–water partition coefficient (Wildman–Crippen LogP) is 1.33. The SMILES string of the molecule is CN(Cc1cccc(-c2nn[nH]n2)c1)CC1CCOC1. The number of rotatable bonds is 5. The monoisotopic (exact) mass is 273 g/mol. The minimum atomic E-state index is 0.638. The molecule has 0 spiro atoms. The van der Waals surface area contributed by atoms with Gasteiger partial charge in [-0.1, -0.05) is 18.2 Å². The first-order valence-electron chi connectivity index (χ1n) is 6.90. The van der Waals surface area contributed by atoms with E-state index in [1.807, 2.05) is 12.1 Å². The van der Waals surface area contributed by atoms with E-state index in [4.69, 9.17) is 4.74 Å². The second-order valence-corrected chi connectivity index (χ2v) is 5.36. The van der Waals surface area contributed by atoms with Crippen LogP contribution >= 0.6 is 0 Å². The summed E-state index contributed by atoms with van der Waals surface area (Å²) in [4.78, 5) is 2.34. The third-order valence-electron chi connectivity index (χ3n) is 3.58. The van der Waals surface area contributed by atoms with Crippen molar-refractivity contribution in [3.8, 4) is 11.4 Å². The van der Waals surface area contributed by atoms with Crippen molar-refractivity contribution in [2.24, 2.45) is 5.92 Å². The van der Waals surface area contributed by atoms with Crippen LogP contribution in [-0.4, -0.2) is 52.3 Å². The van der Waals surface area contributed by atoms with Crippen LogP contribution in [0.3, 0.4) is 0 Å². The largest absolute Gasteiger partial charge is 0.381 e. The molecule has 2 aromatic rings. The Bertz CT molecular complexity index is 536. The fourth-order valence-corrected chi connectivity index (χ4v) is 2.64. The van der Waals surface area contributed by atoms with Gasteiger partial charge in [0.2, 0.25) is 5.82 Å². The molecule has 3 rings (SSSR count). The lowest BCUT2D eigenvalue weighted by molar-refractivity contribution is 0.173. The van der Waals surface area contributed by atoms with Crippen LogP contribution in [0, 0.1) is 5.92 Å². The smallest absolute Gasteiger partial charge is 0.204 e. The van der Waals surface area contributed by atoms with Crippen molar-refractivity contribution in [2.45, 2.75) is 13.0 Å². The maximum atomic E-state index is 5.42. The fraction of sp³-hybridized carbons (Fsp3) is 0.500. The van der Waals surface area contributed by atoms with Crippen molar-refractivity contribution >= 4 is 0 Å². The summed E-state index contributed by atoms with van der Waals surface area (Å²) < 4.78 is 5.42. The zero-order chi connectivity index (χ0) is 13.8. The molecule has 1 unspecified atom stereocenters. The zero-order valence-electron chi connectivity index (χ0n) is 11.6. The molecule has 1 aromatic carbocycles. The van der Waals surface area contributed by atoms with Crippen molar-refractivity contribution < 1.29 is 4.74 Å². The van der Waals surface area contributed by atoms with Gasteiger partial charge in [0.15, 0.2) is 0 Å². The van der Waals surface area contributed by atoms with E-state index in [0.717, 1.165) is 31.9 Å². The number of nitrogens with one attached hydrogen (secondary N) is 1. The summed E-state index contributed by atoms with van der Waals surface area (Å²) in [5.41, 5.74) is 2.25. The van der Waals surface area contributed by atoms with Crippen molar-refractivity contribution in [3.63, 3.8) is 0 Å².